The van der Waals surface area contributed by atoms with Crippen LogP contribution in [0.15, 0.2) is 97.1 Å². The van der Waals surface area contributed by atoms with Gasteiger partial charge in [0, 0.05) is 55.0 Å². The maximum Gasteiger partial charge on any atom is 0.255 e. The molecule has 4 heteroatoms. The minimum absolute atomic E-state index is 0.0793. The number of carbonyl (C=O) groups is 1. The number of rotatable bonds is 5. The Labute approximate surface area is 189 Å². The van der Waals surface area contributed by atoms with Crippen molar-refractivity contribution in [2.24, 2.45) is 0 Å². The third-order valence-corrected chi connectivity index (χ3v) is 6.15. The molecule has 4 nitrogen and oxygen atoms in total. The number of para-hydroxylation sites is 1. The highest BCUT2D eigenvalue weighted by Crippen LogP contribution is 2.24. The minimum atomic E-state index is -0.0793. The molecule has 1 aliphatic heterocycles. The van der Waals surface area contributed by atoms with Crippen molar-refractivity contribution in [3.8, 4) is 0 Å². The Hall–Kier alpha value is -3.63. The summed E-state index contributed by atoms with van der Waals surface area (Å²) >= 11 is 0. The zero-order valence-corrected chi connectivity index (χ0v) is 18.1. The normalized spacial score (nSPS) is 14.4. The molecule has 1 N–H and O–H groups in total. The van der Waals surface area contributed by atoms with E-state index >= 15 is 0 Å². The predicted molar refractivity (Wildman–Crippen MR) is 132 cm³/mol. The number of carbonyl (C=O) groups excluding carboxylic acids is 1. The van der Waals surface area contributed by atoms with Crippen molar-refractivity contribution in [3.63, 3.8) is 0 Å². The molecule has 0 bridgehead atoms. The lowest BCUT2D eigenvalue weighted by atomic mass is 10.1. The molecule has 0 unspecified atom stereocenters. The first-order valence-corrected chi connectivity index (χ1v) is 11.2. The molecule has 4 aromatic rings. The average Bonchev–Trinajstić information content (AvgIpc) is 2.86. The van der Waals surface area contributed by atoms with Gasteiger partial charge in [-0.15, -0.1) is 0 Å². The number of fused-ring (bicyclic) bond motifs is 1. The standard InChI is InChI=1S/C28H27N3O/c32-28(29-27-12-6-8-23-7-4-5-11-26(23)27)24-15-13-22(14-16-24)21-30-17-19-31(20-18-30)25-9-2-1-3-10-25/h1-16H,17-21H2,(H,29,32). The molecule has 1 saturated heterocycles. The molecule has 1 heterocycles. The van der Waals surface area contributed by atoms with Crippen LogP contribution in [0.3, 0.4) is 0 Å². The second-order valence-corrected chi connectivity index (χ2v) is 8.28. The topological polar surface area (TPSA) is 35.6 Å². The molecular formula is C28H27N3O. The van der Waals surface area contributed by atoms with E-state index in [1.54, 1.807) is 0 Å². The molecule has 32 heavy (non-hydrogen) atoms. The van der Waals surface area contributed by atoms with Crippen LogP contribution in [0.2, 0.25) is 0 Å². The first-order valence-electron chi connectivity index (χ1n) is 11.2. The Kier molecular flexibility index (Phi) is 5.86. The van der Waals surface area contributed by atoms with Crippen molar-refractivity contribution in [3.05, 3.63) is 108 Å². The number of piperazine rings is 1. The first-order chi connectivity index (χ1) is 15.8. The third-order valence-electron chi connectivity index (χ3n) is 6.15. The molecule has 0 saturated carbocycles. The van der Waals surface area contributed by atoms with Crippen molar-refractivity contribution in [1.82, 2.24) is 4.90 Å². The fraction of sp³-hybridized carbons (Fsp3) is 0.179. The fourth-order valence-corrected chi connectivity index (χ4v) is 4.35. The number of nitrogens with zero attached hydrogens (tertiary/aromatic N) is 2. The number of benzene rings is 4. The van der Waals surface area contributed by atoms with Crippen LogP contribution in [0.25, 0.3) is 10.8 Å². The molecule has 0 radical (unpaired) electrons. The van der Waals surface area contributed by atoms with Crippen LogP contribution in [0, 0.1) is 0 Å². The van der Waals surface area contributed by atoms with Gasteiger partial charge in [-0.05, 0) is 41.3 Å². The molecule has 0 aromatic heterocycles. The van der Waals surface area contributed by atoms with Crippen LogP contribution < -0.4 is 10.2 Å². The van der Waals surface area contributed by atoms with E-state index in [9.17, 15) is 4.79 Å². The molecule has 160 valence electrons. The van der Waals surface area contributed by atoms with E-state index in [0.717, 1.165) is 49.2 Å². The second-order valence-electron chi connectivity index (χ2n) is 8.28. The van der Waals surface area contributed by atoms with Crippen LogP contribution in [0.5, 0.6) is 0 Å². The number of hydrogen-bond acceptors (Lipinski definition) is 3. The lowest BCUT2D eigenvalue weighted by Gasteiger charge is -2.36. The molecule has 0 atom stereocenters. The van der Waals surface area contributed by atoms with Crippen molar-refractivity contribution < 1.29 is 4.79 Å². The van der Waals surface area contributed by atoms with Gasteiger partial charge in [-0.1, -0.05) is 66.7 Å². The van der Waals surface area contributed by atoms with E-state index < -0.39 is 0 Å². The molecule has 4 aromatic carbocycles. The maximum atomic E-state index is 12.8. The molecule has 0 aliphatic carbocycles. The van der Waals surface area contributed by atoms with Crippen molar-refractivity contribution >= 4 is 28.1 Å². The van der Waals surface area contributed by atoms with E-state index in [4.69, 9.17) is 0 Å². The van der Waals surface area contributed by atoms with E-state index in [1.807, 2.05) is 42.5 Å². The van der Waals surface area contributed by atoms with Crippen LogP contribution in [-0.4, -0.2) is 37.0 Å². The zero-order chi connectivity index (χ0) is 21.8. The highest BCUT2D eigenvalue weighted by Gasteiger charge is 2.17. The number of anilines is 2. The number of nitrogens with one attached hydrogen (secondary N) is 1. The van der Waals surface area contributed by atoms with Gasteiger partial charge in [-0.3, -0.25) is 9.69 Å². The Bertz CT molecular complexity index is 1190. The second kappa shape index (κ2) is 9.25. The largest absolute Gasteiger partial charge is 0.369 e. The molecule has 0 spiro atoms. The van der Waals surface area contributed by atoms with Crippen LogP contribution in [0.4, 0.5) is 11.4 Å². The van der Waals surface area contributed by atoms with Gasteiger partial charge in [0.1, 0.15) is 0 Å². The maximum absolute atomic E-state index is 12.8. The lowest BCUT2D eigenvalue weighted by molar-refractivity contribution is 0.102. The van der Waals surface area contributed by atoms with Crippen molar-refractivity contribution in [2.45, 2.75) is 6.54 Å². The van der Waals surface area contributed by atoms with Gasteiger partial charge in [-0.25, -0.2) is 0 Å². The highest BCUT2D eigenvalue weighted by molar-refractivity contribution is 6.09. The van der Waals surface area contributed by atoms with Gasteiger partial charge in [0.25, 0.3) is 5.91 Å². The summed E-state index contributed by atoms with van der Waals surface area (Å²) in [5, 5.41) is 5.24. The first kappa shape index (κ1) is 20.3. The number of hydrogen-bond donors (Lipinski definition) is 1. The van der Waals surface area contributed by atoms with Gasteiger partial charge < -0.3 is 10.2 Å². The summed E-state index contributed by atoms with van der Waals surface area (Å²) in [7, 11) is 0. The third kappa shape index (κ3) is 4.51. The fourth-order valence-electron chi connectivity index (χ4n) is 4.35. The van der Waals surface area contributed by atoms with Crippen LogP contribution in [-0.2, 0) is 6.54 Å². The molecular weight excluding hydrogens is 394 g/mol. The van der Waals surface area contributed by atoms with Crippen LogP contribution >= 0.6 is 0 Å². The summed E-state index contributed by atoms with van der Waals surface area (Å²) in [5.74, 6) is -0.0793. The summed E-state index contributed by atoms with van der Waals surface area (Å²) in [4.78, 5) is 17.7. The Balaban J connectivity index is 1.19. The summed E-state index contributed by atoms with van der Waals surface area (Å²) in [5.41, 5.74) is 4.05. The van der Waals surface area contributed by atoms with Gasteiger partial charge in [-0.2, -0.15) is 0 Å². The average molecular weight is 422 g/mol. The number of amides is 1. The SMILES string of the molecule is O=C(Nc1cccc2ccccc12)c1ccc(CN2CCN(c3ccccc3)CC2)cc1. The van der Waals surface area contributed by atoms with E-state index in [1.165, 1.54) is 11.3 Å². The van der Waals surface area contributed by atoms with Gasteiger partial charge in [0.2, 0.25) is 0 Å². The summed E-state index contributed by atoms with van der Waals surface area (Å²) in [6, 6.07) is 32.7. The van der Waals surface area contributed by atoms with E-state index in [0.29, 0.717) is 5.56 Å². The molecule has 1 aliphatic rings. The lowest BCUT2D eigenvalue weighted by Crippen LogP contribution is -2.45. The highest BCUT2D eigenvalue weighted by atomic mass is 16.1. The van der Waals surface area contributed by atoms with Crippen molar-refractivity contribution in [1.29, 1.82) is 0 Å². The molecule has 1 amide bonds. The molecule has 1 fully saturated rings. The van der Waals surface area contributed by atoms with Gasteiger partial charge in [0.05, 0.1) is 0 Å². The molecule has 5 rings (SSSR count). The Morgan fingerprint density at radius 2 is 1.41 bits per heavy atom. The summed E-state index contributed by atoms with van der Waals surface area (Å²) in [6.45, 7) is 5.06. The van der Waals surface area contributed by atoms with E-state index in [-0.39, 0.29) is 5.91 Å². The predicted octanol–water partition coefficient (Wildman–Crippen LogP) is 5.41. The van der Waals surface area contributed by atoms with E-state index in [2.05, 4.69) is 69.7 Å². The van der Waals surface area contributed by atoms with Crippen molar-refractivity contribution in [2.75, 3.05) is 36.4 Å². The zero-order valence-electron chi connectivity index (χ0n) is 18.1. The summed E-state index contributed by atoms with van der Waals surface area (Å²) < 4.78 is 0. The van der Waals surface area contributed by atoms with Crippen LogP contribution in [0.1, 0.15) is 15.9 Å². The van der Waals surface area contributed by atoms with Gasteiger partial charge >= 0.3 is 0 Å². The Morgan fingerprint density at radius 3 is 2.19 bits per heavy atom. The summed E-state index contributed by atoms with van der Waals surface area (Å²) in [6.07, 6.45) is 0. The quantitative estimate of drug-likeness (QED) is 0.468. The Morgan fingerprint density at radius 1 is 0.719 bits per heavy atom. The smallest absolute Gasteiger partial charge is 0.255 e. The minimum Gasteiger partial charge on any atom is -0.369 e. The van der Waals surface area contributed by atoms with Gasteiger partial charge in [0.15, 0.2) is 0 Å². The monoisotopic (exact) mass is 421 g/mol.